The van der Waals surface area contributed by atoms with E-state index < -0.39 is 0 Å². The van der Waals surface area contributed by atoms with E-state index in [0.717, 1.165) is 23.9 Å². The summed E-state index contributed by atoms with van der Waals surface area (Å²) in [5.74, 6) is 1.61. The van der Waals surface area contributed by atoms with Gasteiger partial charge in [0.2, 0.25) is 0 Å². The van der Waals surface area contributed by atoms with Crippen LogP contribution in [0.1, 0.15) is 40.5 Å². The fourth-order valence-electron chi connectivity index (χ4n) is 1.85. The fourth-order valence-corrected chi connectivity index (χ4v) is 1.85. The minimum Gasteiger partial charge on any atom is -0.311 e. The summed E-state index contributed by atoms with van der Waals surface area (Å²) in [6, 6.07) is 1.56. The second-order valence-electron chi connectivity index (χ2n) is 4.45. The first-order valence-corrected chi connectivity index (χ1v) is 4.87. The van der Waals surface area contributed by atoms with Crippen LogP contribution in [-0.2, 0) is 0 Å². The third-order valence-electron chi connectivity index (χ3n) is 2.83. The van der Waals surface area contributed by atoms with Crippen molar-refractivity contribution in [3.8, 4) is 0 Å². The van der Waals surface area contributed by atoms with Crippen LogP contribution < -0.4 is 5.32 Å². The molecular formula is C10H22ClN. The molecule has 12 heavy (non-hydrogen) atoms. The van der Waals surface area contributed by atoms with Gasteiger partial charge in [0.1, 0.15) is 0 Å². The van der Waals surface area contributed by atoms with Crippen LogP contribution >= 0.6 is 12.4 Å². The molecule has 0 spiro atoms. The second-order valence-corrected chi connectivity index (χ2v) is 4.45. The molecule has 0 aromatic carbocycles. The lowest BCUT2D eigenvalue weighted by molar-refractivity contribution is 0.386. The minimum atomic E-state index is 0. The van der Waals surface area contributed by atoms with Crippen molar-refractivity contribution in [2.45, 2.75) is 52.6 Å². The molecule has 1 fully saturated rings. The fraction of sp³-hybridized carbons (Fsp3) is 1.00. The van der Waals surface area contributed by atoms with Gasteiger partial charge < -0.3 is 5.32 Å². The Morgan fingerprint density at radius 1 is 0.917 bits per heavy atom. The molecule has 1 saturated heterocycles. The minimum absolute atomic E-state index is 0. The lowest BCUT2D eigenvalue weighted by Gasteiger charge is -2.19. The van der Waals surface area contributed by atoms with E-state index >= 15 is 0 Å². The summed E-state index contributed by atoms with van der Waals surface area (Å²) >= 11 is 0. The molecule has 1 rings (SSSR count). The van der Waals surface area contributed by atoms with Crippen molar-refractivity contribution in [3.05, 3.63) is 0 Å². The van der Waals surface area contributed by atoms with Crippen molar-refractivity contribution in [3.63, 3.8) is 0 Å². The molecule has 0 aromatic rings. The zero-order chi connectivity index (χ0) is 8.43. The highest BCUT2D eigenvalue weighted by Crippen LogP contribution is 2.22. The maximum absolute atomic E-state index is 3.69. The maximum Gasteiger partial charge on any atom is 0.00933 e. The highest BCUT2D eigenvalue weighted by molar-refractivity contribution is 5.85. The number of rotatable bonds is 2. The van der Waals surface area contributed by atoms with Crippen LogP contribution in [0.25, 0.3) is 0 Å². The molecule has 0 saturated carbocycles. The van der Waals surface area contributed by atoms with Gasteiger partial charge in [0.05, 0.1) is 0 Å². The Hall–Kier alpha value is 0.250. The highest BCUT2D eigenvalue weighted by atomic mass is 35.5. The summed E-state index contributed by atoms with van der Waals surface area (Å²) in [5, 5.41) is 3.69. The Labute approximate surface area is 82.7 Å². The summed E-state index contributed by atoms with van der Waals surface area (Å²) in [4.78, 5) is 0. The number of hydrogen-bond donors (Lipinski definition) is 1. The first kappa shape index (κ1) is 12.2. The summed E-state index contributed by atoms with van der Waals surface area (Å²) in [5.41, 5.74) is 0. The molecule has 1 N–H and O–H groups in total. The van der Waals surface area contributed by atoms with Gasteiger partial charge in [0.15, 0.2) is 0 Å². The van der Waals surface area contributed by atoms with Crippen LogP contribution in [0.5, 0.6) is 0 Å². The van der Waals surface area contributed by atoms with Gasteiger partial charge in [-0.2, -0.15) is 0 Å². The van der Waals surface area contributed by atoms with Crippen LogP contribution in [0, 0.1) is 11.8 Å². The largest absolute Gasteiger partial charge is 0.311 e. The van der Waals surface area contributed by atoms with Crippen LogP contribution in [0.2, 0.25) is 0 Å². The van der Waals surface area contributed by atoms with Gasteiger partial charge in [-0.05, 0) is 24.7 Å². The van der Waals surface area contributed by atoms with E-state index in [-0.39, 0.29) is 12.4 Å². The topological polar surface area (TPSA) is 12.0 Å². The second kappa shape index (κ2) is 5.08. The van der Waals surface area contributed by atoms with Crippen LogP contribution in [0.4, 0.5) is 0 Å². The molecule has 0 aliphatic carbocycles. The van der Waals surface area contributed by atoms with E-state index in [2.05, 4.69) is 33.0 Å². The molecule has 2 atom stereocenters. The molecule has 0 aromatic heterocycles. The third-order valence-corrected chi connectivity index (χ3v) is 2.83. The number of hydrogen-bond acceptors (Lipinski definition) is 1. The Bertz CT molecular complexity index is 109. The van der Waals surface area contributed by atoms with Gasteiger partial charge in [-0.1, -0.05) is 27.7 Å². The number of nitrogens with one attached hydrogen (secondary N) is 1. The van der Waals surface area contributed by atoms with E-state index in [1.54, 1.807) is 0 Å². The van der Waals surface area contributed by atoms with Gasteiger partial charge in [-0.3, -0.25) is 0 Å². The van der Waals surface area contributed by atoms with Gasteiger partial charge in [-0.15, -0.1) is 12.4 Å². The van der Waals surface area contributed by atoms with Gasteiger partial charge in [0.25, 0.3) is 0 Å². The maximum atomic E-state index is 3.69. The van der Waals surface area contributed by atoms with Crippen molar-refractivity contribution in [1.82, 2.24) is 5.32 Å². The van der Waals surface area contributed by atoms with E-state index in [4.69, 9.17) is 0 Å². The van der Waals surface area contributed by atoms with E-state index in [9.17, 15) is 0 Å². The van der Waals surface area contributed by atoms with Crippen molar-refractivity contribution < 1.29 is 0 Å². The van der Waals surface area contributed by atoms with E-state index in [1.165, 1.54) is 12.8 Å². The van der Waals surface area contributed by atoms with Crippen LogP contribution in [0.15, 0.2) is 0 Å². The molecule has 2 unspecified atom stereocenters. The zero-order valence-corrected chi connectivity index (χ0v) is 9.45. The molecule has 1 aliphatic rings. The van der Waals surface area contributed by atoms with Crippen molar-refractivity contribution in [1.29, 1.82) is 0 Å². The molecule has 1 aliphatic heterocycles. The average molecular weight is 192 g/mol. The van der Waals surface area contributed by atoms with Crippen LogP contribution in [0.3, 0.4) is 0 Å². The molecule has 0 amide bonds. The predicted molar refractivity (Wildman–Crippen MR) is 56.9 cm³/mol. The van der Waals surface area contributed by atoms with Gasteiger partial charge in [0, 0.05) is 12.1 Å². The Kier molecular flexibility index (Phi) is 5.19. The SMILES string of the molecule is CC(C)C1CCC(C(C)C)N1.Cl. The lowest BCUT2D eigenvalue weighted by Crippen LogP contribution is -2.35. The average Bonchev–Trinajstić information content (AvgIpc) is 2.33. The Balaban J connectivity index is 0.00000121. The first-order chi connectivity index (χ1) is 5.11. The monoisotopic (exact) mass is 191 g/mol. The quantitative estimate of drug-likeness (QED) is 0.708. The van der Waals surface area contributed by atoms with Crippen molar-refractivity contribution in [2.24, 2.45) is 11.8 Å². The Morgan fingerprint density at radius 3 is 1.42 bits per heavy atom. The van der Waals surface area contributed by atoms with E-state index in [1.807, 2.05) is 0 Å². The normalized spacial score (nSPS) is 29.5. The molecule has 74 valence electrons. The zero-order valence-electron chi connectivity index (χ0n) is 8.63. The molecule has 0 bridgehead atoms. The van der Waals surface area contributed by atoms with Crippen molar-refractivity contribution >= 4 is 12.4 Å². The first-order valence-electron chi connectivity index (χ1n) is 4.87. The Morgan fingerprint density at radius 2 is 1.25 bits per heavy atom. The molecule has 2 heteroatoms. The van der Waals surface area contributed by atoms with Gasteiger partial charge >= 0.3 is 0 Å². The van der Waals surface area contributed by atoms with Crippen LogP contribution in [-0.4, -0.2) is 12.1 Å². The standard InChI is InChI=1S/C10H21N.ClH/c1-7(2)9-5-6-10(11-9)8(3)4;/h7-11H,5-6H2,1-4H3;1H. The third kappa shape index (κ3) is 2.95. The number of halogens is 1. The smallest absolute Gasteiger partial charge is 0.00933 e. The predicted octanol–water partition coefficient (Wildman–Crippen LogP) is 2.84. The summed E-state index contributed by atoms with van der Waals surface area (Å²) in [6.07, 6.45) is 2.75. The molecule has 1 nitrogen and oxygen atoms in total. The van der Waals surface area contributed by atoms with Gasteiger partial charge in [-0.25, -0.2) is 0 Å². The van der Waals surface area contributed by atoms with E-state index in [0.29, 0.717) is 0 Å². The summed E-state index contributed by atoms with van der Waals surface area (Å²) in [7, 11) is 0. The molecule has 1 heterocycles. The van der Waals surface area contributed by atoms with Crippen molar-refractivity contribution in [2.75, 3.05) is 0 Å². The molecular weight excluding hydrogens is 170 g/mol. The summed E-state index contributed by atoms with van der Waals surface area (Å²) in [6.45, 7) is 9.22. The molecule has 0 radical (unpaired) electrons. The lowest BCUT2D eigenvalue weighted by atomic mass is 10.0. The highest BCUT2D eigenvalue weighted by Gasteiger charge is 2.27. The summed E-state index contributed by atoms with van der Waals surface area (Å²) < 4.78 is 0.